The Hall–Kier alpha value is -0.773. The number of allylic oxidation sites excluding steroid dienone is 1. The second-order valence-corrected chi connectivity index (χ2v) is 16.0. The third kappa shape index (κ3) is 6.27. The molecule has 0 radical (unpaired) electrons. The molecule has 33 heavy (non-hydrogen) atoms. The minimum atomic E-state index is -1.87. The first kappa shape index (κ1) is 28.5. The second kappa shape index (κ2) is 11.3. The van der Waals surface area contributed by atoms with Crippen LogP contribution in [-0.4, -0.2) is 65.8 Å². The molecule has 1 saturated heterocycles. The van der Waals surface area contributed by atoms with Gasteiger partial charge in [0.2, 0.25) is 5.78 Å². The molecule has 0 N–H and O–H groups in total. The van der Waals surface area contributed by atoms with Crippen LogP contribution in [0.25, 0.3) is 0 Å². The molecule has 0 aromatic heterocycles. The molecule has 1 fully saturated rings. The lowest BCUT2D eigenvalue weighted by Gasteiger charge is -2.49. The lowest BCUT2D eigenvalue weighted by molar-refractivity contribution is -0.288. The Morgan fingerprint density at radius 3 is 2.42 bits per heavy atom. The average Bonchev–Trinajstić information content (AvgIpc) is 2.75. The summed E-state index contributed by atoms with van der Waals surface area (Å²) in [6, 6.07) is 0. The van der Waals surface area contributed by atoms with E-state index in [0.717, 1.165) is 0 Å². The normalized spacial score (nSPS) is 31.3. The first-order valence-corrected chi connectivity index (χ1v) is 15.0. The van der Waals surface area contributed by atoms with Crippen LogP contribution >= 0.6 is 0 Å². The summed E-state index contributed by atoms with van der Waals surface area (Å²) in [5.41, 5.74) is 0. The van der Waals surface area contributed by atoms with Gasteiger partial charge in [0, 0.05) is 45.0 Å². The van der Waals surface area contributed by atoms with Gasteiger partial charge < -0.3 is 28.1 Å². The molecule has 2 heterocycles. The quantitative estimate of drug-likeness (QED) is 0.321. The predicted molar refractivity (Wildman–Crippen MR) is 130 cm³/mol. The molecule has 0 aliphatic carbocycles. The average molecular weight is 487 g/mol. The summed E-state index contributed by atoms with van der Waals surface area (Å²) < 4.78 is 35.8. The first-order valence-electron chi connectivity index (χ1n) is 12.1. The summed E-state index contributed by atoms with van der Waals surface area (Å²) in [6.45, 7) is 18.2. The predicted octanol–water partition coefficient (Wildman–Crippen LogP) is 4.91. The lowest BCUT2D eigenvalue weighted by Crippen LogP contribution is -2.63. The zero-order chi connectivity index (χ0) is 25.0. The van der Waals surface area contributed by atoms with Crippen LogP contribution in [0.1, 0.15) is 54.4 Å². The monoisotopic (exact) mass is 486 g/mol. The fourth-order valence-corrected chi connectivity index (χ4v) is 5.71. The van der Waals surface area contributed by atoms with E-state index in [0.29, 0.717) is 19.4 Å². The van der Waals surface area contributed by atoms with E-state index in [1.54, 1.807) is 20.5 Å². The number of carbonyl (C=O) groups excluding carboxylic acids is 1. The van der Waals surface area contributed by atoms with Crippen LogP contribution in [0.3, 0.4) is 0 Å². The molecule has 0 aromatic carbocycles. The summed E-state index contributed by atoms with van der Waals surface area (Å²) in [7, 11) is 1.41. The molecule has 0 aromatic rings. The van der Waals surface area contributed by atoms with E-state index < -0.39 is 20.2 Å². The van der Waals surface area contributed by atoms with Gasteiger partial charge in [0.25, 0.3) is 5.79 Å². The van der Waals surface area contributed by atoms with Crippen LogP contribution in [0.4, 0.5) is 0 Å². The molecular weight excluding hydrogens is 440 g/mol. The molecule has 192 valence electrons. The van der Waals surface area contributed by atoms with Crippen molar-refractivity contribution in [1.29, 1.82) is 0 Å². The SMILES string of the molecule is COCO[C@H]1C(=O)C2(CCC=CO2)O[C@H]([C@@H](C)[C@@H](OC)[C@H](C)CO[Si](C)(C)C(C)(C)C)[C@@H]1C. The summed E-state index contributed by atoms with van der Waals surface area (Å²) >= 11 is 0. The van der Waals surface area contributed by atoms with E-state index in [1.807, 2.05) is 13.0 Å². The van der Waals surface area contributed by atoms with Gasteiger partial charge in [0.05, 0.1) is 18.5 Å². The highest BCUT2D eigenvalue weighted by molar-refractivity contribution is 6.74. The summed E-state index contributed by atoms with van der Waals surface area (Å²) in [5, 5.41) is 0.145. The molecule has 2 aliphatic rings. The number of rotatable bonds is 10. The van der Waals surface area contributed by atoms with Crippen molar-refractivity contribution in [3.05, 3.63) is 12.3 Å². The minimum absolute atomic E-state index is 0.0175. The Balaban J connectivity index is 2.23. The number of ether oxygens (including phenoxy) is 5. The molecule has 2 aliphatic heterocycles. The van der Waals surface area contributed by atoms with Crippen molar-refractivity contribution in [3.8, 4) is 0 Å². The summed E-state index contributed by atoms with van der Waals surface area (Å²) in [5.74, 6) is -1.56. The van der Waals surface area contributed by atoms with Gasteiger partial charge in [-0.05, 0) is 30.6 Å². The largest absolute Gasteiger partial charge is 0.463 e. The molecule has 0 saturated carbocycles. The van der Waals surface area contributed by atoms with Crippen molar-refractivity contribution >= 4 is 14.1 Å². The highest BCUT2D eigenvalue weighted by atomic mass is 28.4. The number of ketones is 1. The van der Waals surface area contributed by atoms with Crippen molar-refractivity contribution < 1.29 is 32.9 Å². The van der Waals surface area contributed by atoms with Crippen molar-refractivity contribution in [1.82, 2.24) is 0 Å². The third-order valence-corrected chi connectivity index (χ3v) is 12.2. The topological polar surface area (TPSA) is 72.5 Å². The van der Waals surface area contributed by atoms with E-state index in [9.17, 15) is 4.79 Å². The number of carbonyl (C=O) groups is 1. The minimum Gasteiger partial charge on any atom is -0.463 e. The smallest absolute Gasteiger partial charge is 0.272 e. The van der Waals surface area contributed by atoms with Crippen LogP contribution in [0.2, 0.25) is 18.1 Å². The molecular formula is C25H46O7Si. The maximum Gasteiger partial charge on any atom is 0.272 e. The highest BCUT2D eigenvalue weighted by Crippen LogP contribution is 2.42. The maximum atomic E-state index is 13.4. The van der Waals surface area contributed by atoms with E-state index >= 15 is 0 Å². The molecule has 0 bridgehead atoms. The van der Waals surface area contributed by atoms with Gasteiger partial charge in [-0.3, -0.25) is 4.79 Å². The van der Waals surface area contributed by atoms with Crippen LogP contribution in [0.15, 0.2) is 12.3 Å². The lowest BCUT2D eigenvalue weighted by atomic mass is 9.77. The summed E-state index contributed by atoms with van der Waals surface area (Å²) in [4.78, 5) is 13.4. The second-order valence-electron chi connectivity index (χ2n) is 11.2. The van der Waals surface area contributed by atoms with Gasteiger partial charge in [-0.1, -0.05) is 41.5 Å². The number of hydrogen-bond donors (Lipinski definition) is 0. The van der Waals surface area contributed by atoms with Gasteiger partial charge in [0.15, 0.2) is 8.32 Å². The fourth-order valence-electron chi connectivity index (χ4n) is 4.60. The van der Waals surface area contributed by atoms with E-state index in [-0.39, 0.29) is 47.6 Å². The Bertz CT molecular complexity index is 674. The number of methoxy groups -OCH3 is 2. The van der Waals surface area contributed by atoms with E-state index in [2.05, 4.69) is 47.7 Å². The number of hydrogen-bond acceptors (Lipinski definition) is 7. The van der Waals surface area contributed by atoms with Crippen molar-refractivity contribution in [2.45, 2.75) is 96.6 Å². The first-order chi connectivity index (χ1) is 15.3. The Labute approximate surface area is 201 Å². The molecule has 7 nitrogen and oxygen atoms in total. The number of Topliss-reactive ketones (excluding diaryl/α,β-unsaturated/α-hetero) is 1. The highest BCUT2D eigenvalue weighted by Gasteiger charge is 2.57. The molecule has 1 unspecified atom stereocenters. The van der Waals surface area contributed by atoms with Crippen molar-refractivity contribution in [2.75, 3.05) is 27.6 Å². The van der Waals surface area contributed by atoms with Gasteiger partial charge in [-0.2, -0.15) is 0 Å². The fraction of sp³-hybridized carbons (Fsp3) is 0.880. The van der Waals surface area contributed by atoms with Crippen LogP contribution < -0.4 is 0 Å². The van der Waals surface area contributed by atoms with Crippen LogP contribution in [0.5, 0.6) is 0 Å². The van der Waals surface area contributed by atoms with E-state index in [1.165, 1.54) is 0 Å². The molecule has 0 amide bonds. The van der Waals surface area contributed by atoms with Gasteiger partial charge in [-0.25, -0.2) is 0 Å². The van der Waals surface area contributed by atoms with Crippen molar-refractivity contribution in [2.24, 2.45) is 17.8 Å². The van der Waals surface area contributed by atoms with Crippen LogP contribution in [0, 0.1) is 17.8 Å². The zero-order valence-electron chi connectivity index (χ0n) is 22.3. The van der Waals surface area contributed by atoms with Gasteiger partial charge in [0.1, 0.15) is 12.9 Å². The van der Waals surface area contributed by atoms with Gasteiger partial charge >= 0.3 is 0 Å². The zero-order valence-corrected chi connectivity index (χ0v) is 23.3. The Kier molecular flexibility index (Phi) is 9.75. The maximum absolute atomic E-state index is 13.4. The molecule has 1 spiro atoms. The van der Waals surface area contributed by atoms with E-state index in [4.69, 9.17) is 28.1 Å². The molecule has 8 heteroatoms. The van der Waals surface area contributed by atoms with Crippen LogP contribution in [-0.2, 0) is 32.9 Å². The Morgan fingerprint density at radius 2 is 1.91 bits per heavy atom. The molecule has 7 atom stereocenters. The molecule has 2 rings (SSSR count). The van der Waals surface area contributed by atoms with Gasteiger partial charge in [-0.15, -0.1) is 0 Å². The summed E-state index contributed by atoms with van der Waals surface area (Å²) in [6.07, 6.45) is 3.56. The third-order valence-electron chi connectivity index (χ3n) is 7.70. The standard InChI is InChI=1S/C25H46O7Si/c1-17(15-31-33(9,10)24(4,5)6)20(28-8)18(2)21-19(3)22(29-16-27-7)23(26)25(32-21)13-11-12-14-30-25/h12,14,17-22H,11,13,15-16H2,1-10H3/t17-,18+,19+,20+,21-,22-,25?/m1/s1. The Morgan fingerprint density at radius 1 is 1.24 bits per heavy atom. The van der Waals surface area contributed by atoms with Crippen molar-refractivity contribution in [3.63, 3.8) is 0 Å².